The summed E-state index contributed by atoms with van der Waals surface area (Å²) in [5, 5.41) is 25.1. The normalized spacial score (nSPS) is 11.5. The number of nitrogens with one attached hydrogen (secondary N) is 2. The summed E-state index contributed by atoms with van der Waals surface area (Å²) < 4.78 is 0. The highest BCUT2D eigenvalue weighted by atomic mass is 16.3. The van der Waals surface area contributed by atoms with Crippen molar-refractivity contribution in [3.63, 3.8) is 0 Å². The van der Waals surface area contributed by atoms with Gasteiger partial charge in [-0.15, -0.1) is 0 Å². The van der Waals surface area contributed by atoms with E-state index in [1.807, 2.05) is 72.8 Å². The fourth-order valence-electron chi connectivity index (χ4n) is 5.21. The molecule has 0 fully saturated rings. The SMILES string of the molecule is CC(C)(c1ccc(O)cc1)c1ccc(NC(=O)c2ccc(C(=O)Nc3ccc(C(C)(C)c4ccc(O)cc4)cc3)cc2)cc1. The van der Waals surface area contributed by atoms with Crippen LogP contribution in [0, 0.1) is 0 Å². The molecular formula is C38H36N2O4. The summed E-state index contributed by atoms with van der Waals surface area (Å²) in [7, 11) is 0. The number of phenols is 2. The van der Waals surface area contributed by atoms with Crippen LogP contribution >= 0.6 is 0 Å². The van der Waals surface area contributed by atoms with Gasteiger partial charge in [-0.25, -0.2) is 0 Å². The number of anilines is 2. The van der Waals surface area contributed by atoms with E-state index < -0.39 is 0 Å². The first kappa shape index (κ1) is 30.1. The molecule has 5 aromatic rings. The maximum absolute atomic E-state index is 12.9. The quantitative estimate of drug-likeness (QED) is 0.148. The summed E-state index contributed by atoms with van der Waals surface area (Å²) in [6, 6.07) is 36.3. The zero-order valence-corrected chi connectivity index (χ0v) is 25.3. The van der Waals surface area contributed by atoms with Crippen molar-refractivity contribution >= 4 is 23.2 Å². The van der Waals surface area contributed by atoms with Crippen LogP contribution in [-0.2, 0) is 10.8 Å². The van der Waals surface area contributed by atoms with Crippen molar-refractivity contribution in [3.8, 4) is 11.5 Å². The standard InChI is InChI=1S/C38H36N2O4/c1-37(2,29-13-21-33(41)22-14-29)27-9-17-31(18-10-27)39-35(43)25-5-7-26(8-6-25)36(44)40-32-19-11-28(12-20-32)38(3,4)30-15-23-34(42)24-16-30/h5-24,41-42H,1-4H3,(H,39,43)(H,40,44). The van der Waals surface area contributed by atoms with Crippen LogP contribution in [0.15, 0.2) is 121 Å². The summed E-state index contributed by atoms with van der Waals surface area (Å²) in [6.07, 6.45) is 0. The van der Waals surface area contributed by atoms with Gasteiger partial charge >= 0.3 is 0 Å². The molecule has 222 valence electrons. The Morgan fingerprint density at radius 2 is 0.682 bits per heavy atom. The maximum atomic E-state index is 12.9. The van der Waals surface area contributed by atoms with Gasteiger partial charge in [0.15, 0.2) is 0 Å². The molecule has 0 aliphatic heterocycles. The molecule has 4 N–H and O–H groups in total. The molecule has 0 aliphatic carbocycles. The van der Waals surface area contributed by atoms with Crippen LogP contribution < -0.4 is 10.6 Å². The third kappa shape index (κ3) is 6.50. The fourth-order valence-corrected chi connectivity index (χ4v) is 5.21. The molecule has 0 heterocycles. The molecule has 2 amide bonds. The number of carbonyl (C=O) groups excluding carboxylic acids is 2. The van der Waals surface area contributed by atoms with E-state index in [1.165, 1.54) is 0 Å². The molecule has 0 atom stereocenters. The molecule has 0 bridgehead atoms. The predicted molar refractivity (Wildman–Crippen MR) is 176 cm³/mol. The first-order chi connectivity index (χ1) is 20.9. The Bertz CT molecular complexity index is 1620. The second-order valence-corrected chi connectivity index (χ2v) is 12.0. The van der Waals surface area contributed by atoms with E-state index in [1.54, 1.807) is 48.5 Å². The minimum atomic E-state index is -0.279. The third-order valence-electron chi connectivity index (χ3n) is 8.32. The fraction of sp³-hybridized carbons (Fsp3) is 0.158. The lowest BCUT2D eigenvalue weighted by Crippen LogP contribution is -2.19. The zero-order chi connectivity index (χ0) is 31.5. The van der Waals surface area contributed by atoms with Gasteiger partial charge < -0.3 is 20.8 Å². The van der Waals surface area contributed by atoms with E-state index in [0.29, 0.717) is 22.5 Å². The average Bonchev–Trinajstić information content (AvgIpc) is 3.02. The lowest BCUT2D eigenvalue weighted by Gasteiger charge is -2.26. The number of phenolic OH excluding ortho intramolecular Hbond substituents is 2. The van der Waals surface area contributed by atoms with E-state index in [-0.39, 0.29) is 34.1 Å². The van der Waals surface area contributed by atoms with E-state index in [9.17, 15) is 19.8 Å². The maximum Gasteiger partial charge on any atom is 0.255 e. The summed E-state index contributed by atoms with van der Waals surface area (Å²) in [4.78, 5) is 25.8. The Labute approximate surface area is 258 Å². The van der Waals surface area contributed by atoms with Gasteiger partial charge in [0.2, 0.25) is 0 Å². The number of rotatable bonds is 8. The highest BCUT2D eigenvalue weighted by Crippen LogP contribution is 2.34. The van der Waals surface area contributed by atoms with Gasteiger partial charge in [0.05, 0.1) is 0 Å². The topological polar surface area (TPSA) is 98.7 Å². The molecule has 0 spiro atoms. The van der Waals surface area contributed by atoms with Crippen LogP contribution in [0.2, 0.25) is 0 Å². The third-order valence-corrected chi connectivity index (χ3v) is 8.32. The Morgan fingerprint density at radius 1 is 0.432 bits per heavy atom. The molecule has 0 aliphatic rings. The molecule has 44 heavy (non-hydrogen) atoms. The molecule has 0 unspecified atom stereocenters. The first-order valence-electron chi connectivity index (χ1n) is 14.5. The van der Waals surface area contributed by atoms with Gasteiger partial charge in [-0.2, -0.15) is 0 Å². The monoisotopic (exact) mass is 584 g/mol. The van der Waals surface area contributed by atoms with Crippen LogP contribution in [0.3, 0.4) is 0 Å². The van der Waals surface area contributed by atoms with Crippen molar-refractivity contribution in [1.29, 1.82) is 0 Å². The first-order valence-corrected chi connectivity index (χ1v) is 14.5. The van der Waals surface area contributed by atoms with Gasteiger partial charge in [0, 0.05) is 33.3 Å². The van der Waals surface area contributed by atoms with Gasteiger partial charge in [-0.05, 0) is 95.1 Å². The van der Waals surface area contributed by atoms with Gasteiger partial charge in [-0.3, -0.25) is 9.59 Å². The number of aromatic hydroxyl groups is 2. The van der Waals surface area contributed by atoms with Gasteiger partial charge in [0.1, 0.15) is 11.5 Å². The zero-order valence-electron chi connectivity index (χ0n) is 25.3. The smallest absolute Gasteiger partial charge is 0.255 e. The number of hydrogen-bond acceptors (Lipinski definition) is 4. The van der Waals surface area contributed by atoms with Crippen LogP contribution in [0.25, 0.3) is 0 Å². The lowest BCUT2D eigenvalue weighted by molar-refractivity contribution is 0.101. The summed E-state index contributed by atoms with van der Waals surface area (Å²) in [5.41, 5.74) is 5.95. The highest BCUT2D eigenvalue weighted by Gasteiger charge is 2.24. The second kappa shape index (κ2) is 12.1. The van der Waals surface area contributed by atoms with Crippen LogP contribution in [-0.4, -0.2) is 22.0 Å². The van der Waals surface area contributed by atoms with Gasteiger partial charge in [-0.1, -0.05) is 76.2 Å². The Hall–Kier alpha value is -5.36. The van der Waals surface area contributed by atoms with E-state index >= 15 is 0 Å². The molecule has 6 heteroatoms. The minimum absolute atomic E-state index is 0.231. The van der Waals surface area contributed by atoms with Crippen LogP contribution in [0.1, 0.15) is 70.7 Å². The molecule has 0 saturated heterocycles. The molecule has 5 rings (SSSR count). The second-order valence-electron chi connectivity index (χ2n) is 12.0. The molecule has 5 aromatic carbocycles. The predicted octanol–water partition coefficient (Wildman–Crippen LogP) is 8.25. The Kier molecular flexibility index (Phi) is 8.28. The largest absolute Gasteiger partial charge is 0.508 e. The molecule has 0 aromatic heterocycles. The van der Waals surface area contributed by atoms with Crippen LogP contribution in [0.4, 0.5) is 11.4 Å². The van der Waals surface area contributed by atoms with Crippen molar-refractivity contribution in [2.45, 2.75) is 38.5 Å². The number of amides is 2. The van der Waals surface area contributed by atoms with Crippen molar-refractivity contribution in [2.75, 3.05) is 10.6 Å². The average molecular weight is 585 g/mol. The summed E-state index contributed by atoms with van der Waals surface area (Å²) >= 11 is 0. The number of hydrogen-bond donors (Lipinski definition) is 4. The highest BCUT2D eigenvalue weighted by molar-refractivity contribution is 6.07. The lowest BCUT2D eigenvalue weighted by atomic mass is 9.78. The van der Waals surface area contributed by atoms with E-state index in [0.717, 1.165) is 22.3 Å². The molecule has 6 nitrogen and oxygen atoms in total. The Balaban J connectivity index is 1.19. The summed E-state index contributed by atoms with van der Waals surface area (Å²) in [6.45, 7) is 8.44. The molecule has 0 saturated carbocycles. The Morgan fingerprint density at radius 3 is 0.955 bits per heavy atom. The van der Waals surface area contributed by atoms with Crippen molar-refractivity contribution in [1.82, 2.24) is 0 Å². The minimum Gasteiger partial charge on any atom is -0.508 e. The van der Waals surface area contributed by atoms with E-state index in [4.69, 9.17) is 0 Å². The van der Waals surface area contributed by atoms with Gasteiger partial charge in [0.25, 0.3) is 11.8 Å². The van der Waals surface area contributed by atoms with Crippen molar-refractivity contribution < 1.29 is 19.8 Å². The van der Waals surface area contributed by atoms with Crippen molar-refractivity contribution in [3.05, 3.63) is 155 Å². The number of benzene rings is 5. The van der Waals surface area contributed by atoms with Crippen molar-refractivity contribution in [2.24, 2.45) is 0 Å². The molecule has 0 radical (unpaired) electrons. The summed E-state index contributed by atoms with van der Waals surface area (Å²) in [5.74, 6) is -0.0771. The molecular weight excluding hydrogens is 548 g/mol. The van der Waals surface area contributed by atoms with Crippen LogP contribution in [0.5, 0.6) is 11.5 Å². The van der Waals surface area contributed by atoms with E-state index in [2.05, 4.69) is 38.3 Å². The number of carbonyl (C=O) groups is 2.